The normalized spacial score (nSPS) is 26.5. The SMILES string of the molecule is NC(C1=CCCCO1)C1CCOCC1. The lowest BCUT2D eigenvalue weighted by Gasteiger charge is -2.30. The predicted molar refractivity (Wildman–Crippen MR) is 54.8 cm³/mol. The van der Waals surface area contributed by atoms with E-state index in [0.29, 0.717) is 5.92 Å². The van der Waals surface area contributed by atoms with Gasteiger partial charge in [0, 0.05) is 13.2 Å². The van der Waals surface area contributed by atoms with Crippen LogP contribution in [0.4, 0.5) is 0 Å². The molecule has 2 N–H and O–H groups in total. The maximum atomic E-state index is 6.17. The Bertz CT molecular complexity index is 209. The van der Waals surface area contributed by atoms with Gasteiger partial charge in [0.15, 0.2) is 0 Å². The summed E-state index contributed by atoms with van der Waals surface area (Å²) < 4.78 is 10.9. The van der Waals surface area contributed by atoms with Crippen LogP contribution >= 0.6 is 0 Å². The van der Waals surface area contributed by atoms with E-state index in [2.05, 4.69) is 6.08 Å². The monoisotopic (exact) mass is 197 g/mol. The van der Waals surface area contributed by atoms with Gasteiger partial charge in [-0.25, -0.2) is 0 Å². The summed E-state index contributed by atoms with van der Waals surface area (Å²) in [5.74, 6) is 1.57. The minimum Gasteiger partial charge on any atom is -0.497 e. The highest BCUT2D eigenvalue weighted by Gasteiger charge is 2.25. The molecule has 0 aromatic heterocycles. The Morgan fingerprint density at radius 2 is 2.07 bits per heavy atom. The average Bonchev–Trinajstić information content (AvgIpc) is 2.30. The van der Waals surface area contributed by atoms with Gasteiger partial charge in [-0.3, -0.25) is 0 Å². The predicted octanol–water partition coefficient (Wildman–Crippen LogP) is 1.43. The van der Waals surface area contributed by atoms with Crippen LogP contribution in [0.5, 0.6) is 0 Å². The number of nitrogens with two attached hydrogens (primary N) is 1. The summed E-state index contributed by atoms with van der Waals surface area (Å²) in [6.07, 6.45) is 6.55. The van der Waals surface area contributed by atoms with Crippen molar-refractivity contribution in [2.45, 2.75) is 31.7 Å². The lowest BCUT2D eigenvalue weighted by Crippen LogP contribution is -2.37. The highest BCUT2D eigenvalue weighted by Crippen LogP contribution is 2.24. The van der Waals surface area contributed by atoms with Gasteiger partial charge in [0.05, 0.1) is 12.6 Å². The van der Waals surface area contributed by atoms with E-state index < -0.39 is 0 Å². The molecular formula is C11H19NO2. The fourth-order valence-corrected chi connectivity index (χ4v) is 2.12. The van der Waals surface area contributed by atoms with Crippen molar-refractivity contribution in [1.29, 1.82) is 0 Å². The summed E-state index contributed by atoms with van der Waals surface area (Å²) in [7, 11) is 0. The van der Waals surface area contributed by atoms with Crippen LogP contribution in [0.15, 0.2) is 11.8 Å². The van der Waals surface area contributed by atoms with Gasteiger partial charge in [-0.1, -0.05) is 0 Å². The zero-order valence-corrected chi connectivity index (χ0v) is 8.58. The molecule has 1 atom stereocenters. The summed E-state index contributed by atoms with van der Waals surface area (Å²) >= 11 is 0. The molecule has 0 aliphatic carbocycles. The molecule has 3 heteroatoms. The van der Waals surface area contributed by atoms with Crippen molar-refractivity contribution < 1.29 is 9.47 Å². The lowest BCUT2D eigenvalue weighted by molar-refractivity contribution is 0.0520. The Kier molecular flexibility index (Phi) is 3.43. The molecule has 0 spiro atoms. The van der Waals surface area contributed by atoms with Gasteiger partial charge in [-0.05, 0) is 37.7 Å². The second kappa shape index (κ2) is 4.80. The fourth-order valence-electron chi connectivity index (χ4n) is 2.12. The Labute approximate surface area is 85.3 Å². The van der Waals surface area contributed by atoms with Gasteiger partial charge in [0.25, 0.3) is 0 Å². The second-order valence-corrected chi connectivity index (χ2v) is 4.07. The molecule has 2 heterocycles. The molecule has 1 fully saturated rings. The molecule has 3 nitrogen and oxygen atoms in total. The van der Waals surface area contributed by atoms with Gasteiger partial charge < -0.3 is 15.2 Å². The van der Waals surface area contributed by atoms with E-state index in [1.54, 1.807) is 0 Å². The maximum absolute atomic E-state index is 6.17. The van der Waals surface area contributed by atoms with Gasteiger partial charge in [0.2, 0.25) is 0 Å². The van der Waals surface area contributed by atoms with E-state index in [1.165, 1.54) is 0 Å². The van der Waals surface area contributed by atoms with Crippen LogP contribution in [0.25, 0.3) is 0 Å². The van der Waals surface area contributed by atoms with Crippen molar-refractivity contribution in [3.8, 4) is 0 Å². The van der Waals surface area contributed by atoms with Gasteiger partial charge in [-0.15, -0.1) is 0 Å². The smallest absolute Gasteiger partial charge is 0.109 e. The molecule has 2 aliphatic rings. The maximum Gasteiger partial charge on any atom is 0.109 e. The van der Waals surface area contributed by atoms with Crippen molar-refractivity contribution in [2.24, 2.45) is 11.7 Å². The van der Waals surface area contributed by atoms with Gasteiger partial charge in [0.1, 0.15) is 5.76 Å². The third-order valence-electron chi connectivity index (χ3n) is 3.07. The summed E-state index contributed by atoms with van der Waals surface area (Å²) in [5, 5.41) is 0. The van der Waals surface area contributed by atoms with Crippen molar-refractivity contribution >= 4 is 0 Å². The number of hydrogen-bond donors (Lipinski definition) is 1. The summed E-state index contributed by atoms with van der Waals surface area (Å²) in [4.78, 5) is 0. The molecule has 1 unspecified atom stereocenters. The number of rotatable bonds is 2. The molecule has 0 saturated carbocycles. The largest absolute Gasteiger partial charge is 0.497 e. The standard InChI is InChI=1S/C11H19NO2/c12-11(9-4-7-13-8-5-9)10-3-1-2-6-14-10/h3,9,11H,1-2,4-8,12H2. The van der Waals surface area contributed by atoms with E-state index >= 15 is 0 Å². The first kappa shape index (κ1) is 9.99. The minimum atomic E-state index is 0.0965. The highest BCUT2D eigenvalue weighted by atomic mass is 16.5. The number of allylic oxidation sites excluding steroid dienone is 1. The molecule has 0 radical (unpaired) electrons. The van der Waals surface area contributed by atoms with E-state index in [4.69, 9.17) is 15.2 Å². The molecule has 1 saturated heterocycles. The van der Waals surface area contributed by atoms with E-state index in [-0.39, 0.29) is 6.04 Å². The molecular weight excluding hydrogens is 178 g/mol. The lowest BCUT2D eigenvalue weighted by atomic mass is 9.90. The summed E-state index contributed by atoms with van der Waals surface area (Å²) in [6.45, 7) is 2.54. The van der Waals surface area contributed by atoms with E-state index in [1.807, 2.05) is 0 Å². The molecule has 0 bridgehead atoms. The second-order valence-electron chi connectivity index (χ2n) is 4.07. The molecule has 14 heavy (non-hydrogen) atoms. The minimum absolute atomic E-state index is 0.0965. The third kappa shape index (κ3) is 2.28. The first-order chi connectivity index (χ1) is 6.88. The average molecular weight is 197 g/mol. The van der Waals surface area contributed by atoms with Crippen molar-refractivity contribution in [3.05, 3.63) is 11.8 Å². The van der Waals surface area contributed by atoms with Crippen LogP contribution in [0.3, 0.4) is 0 Å². The first-order valence-electron chi connectivity index (χ1n) is 5.54. The van der Waals surface area contributed by atoms with Crippen LogP contribution in [0, 0.1) is 5.92 Å². The highest BCUT2D eigenvalue weighted by molar-refractivity contribution is 5.06. The Morgan fingerprint density at radius 3 is 2.71 bits per heavy atom. The molecule has 0 amide bonds. The molecule has 2 aliphatic heterocycles. The van der Waals surface area contributed by atoms with Crippen LogP contribution in [-0.2, 0) is 9.47 Å². The Hall–Kier alpha value is -0.540. The number of ether oxygens (including phenoxy) is 2. The van der Waals surface area contributed by atoms with Gasteiger partial charge >= 0.3 is 0 Å². The molecule has 0 aromatic carbocycles. The van der Waals surface area contributed by atoms with E-state index in [9.17, 15) is 0 Å². The topological polar surface area (TPSA) is 44.5 Å². The Morgan fingerprint density at radius 1 is 1.29 bits per heavy atom. The van der Waals surface area contributed by atoms with Crippen LogP contribution in [0.2, 0.25) is 0 Å². The molecule has 2 rings (SSSR count). The van der Waals surface area contributed by atoms with E-state index in [0.717, 1.165) is 51.3 Å². The van der Waals surface area contributed by atoms with Crippen molar-refractivity contribution in [3.63, 3.8) is 0 Å². The van der Waals surface area contributed by atoms with Crippen LogP contribution in [0.1, 0.15) is 25.7 Å². The van der Waals surface area contributed by atoms with Crippen molar-refractivity contribution in [1.82, 2.24) is 0 Å². The fraction of sp³-hybridized carbons (Fsp3) is 0.818. The zero-order chi connectivity index (χ0) is 9.80. The zero-order valence-electron chi connectivity index (χ0n) is 8.58. The quantitative estimate of drug-likeness (QED) is 0.728. The molecule has 0 aromatic rings. The van der Waals surface area contributed by atoms with Crippen molar-refractivity contribution in [2.75, 3.05) is 19.8 Å². The van der Waals surface area contributed by atoms with Gasteiger partial charge in [-0.2, -0.15) is 0 Å². The molecule has 80 valence electrons. The summed E-state index contributed by atoms with van der Waals surface area (Å²) in [6, 6.07) is 0.0965. The third-order valence-corrected chi connectivity index (χ3v) is 3.07. The van der Waals surface area contributed by atoms with Crippen LogP contribution in [-0.4, -0.2) is 25.9 Å². The Balaban J connectivity index is 1.91. The number of hydrogen-bond acceptors (Lipinski definition) is 3. The van der Waals surface area contributed by atoms with Crippen LogP contribution < -0.4 is 5.73 Å². The summed E-state index contributed by atoms with van der Waals surface area (Å²) in [5.41, 5.74) is 6.17. The first-order valence-corrected chi connectivity index (χ1v) is 5.54.